The molecule has 1 aliphatic heterocycles. The Hall–Kier alpha value is -2.61. The van der Waals surface area contributed by atoms with E-state index in [2.05, 4.69) is 55.0 Å². The minimum Gasteiger partial charge on any atom is -0.336 e. The number of rotatable bonds is 6. The molecular weight excluding hydrogens is 386 g/mol. The second-order valence-electron chi connectivity index (χ2n) is 8.01. The fourth-order valence-corrected chi connectivity index (χ4v) is 4.03. The summed E-state index contributed by atoms with van der Waals surface area (Å²) in [6.45, 7) is 13.6. The summed E-state index contributed by atoms with van der Waals surface area (Å²) in [4.78, 5) is 25.6. The van der Waals surface area contributed by atoms with Crippen LogP contribution in [0.2, 0.25) is 0 Å². The van der Waals surface area contributed by atoms with Crippen LogP contribution in [0.15, 0.2) is 42.1 Å². The van der Waals surface area contributed by atoms with Gasteiger partial charge in [-0.3, -0.25) is 14.3 Å². The Labute approximate surface area is 175 Å². The molecule has 1 aromatic heterocycles. The number of hydrogen-bond donors (Lipinski definition) is 1. The summed E-state index contributed by atoms with van der Waals surface area (Å²) in [7, 11) is 0. The van der Waals surface area contributed by atoms with Gasteiger partial charge >= 0.3 is 6.03 Å². The monoisotopic (exact) mass is 413 g/mol. The lowest BCUT2D eigenvalue weighted by Gasteiger charge is -2.19. The molecule has 2 heterocycles. The van der Waals surface area contributed by atoms with Crippen LogP contribution in [0.3, 0.4) is 0 Å². The highest BCUT2D eigenvalue weighted by molar-refractivity contribution is 8.00. The first-order valence-electron chi connectivity index (χ1n) is 9.63. The fraction of sp³-hybridized carbons (Fsp3) is 0.429. The van der Waals surface area contributed by atoms with Gasteiger partial charge in [0.15, 0.2) is 11.0 Å². The van der Waals surface area contributed by atoms with E-state index in [-0.39, 0.29) is 17.4 Å². The summed E-state index contributed by atoms with van der Waals surface area (Å²) >= 11 is 1.30. The second kappa shape index (κ2) is 8.41. The maximum absolute atomic E-state index is 12.6. The van der Waals surface area contributed by atoms with Gasteiger partial charge in [-0.2, -0.15) is 0 Å². The van der Waals surface area contributed by atoms with Gasteiger partial charge in [-0.15, -0.1) is 16.8 Å². The molecule has 154 valence electrons. The maximum atomic E-state index is 12.6. The van der Waals surface area contributed by atoms with Crippen molar-refractivity contribution in [1.29, 1.82) is 0 Å². The highest BCUT2D eigenvalue weighted by atomic mass is 32.2. The zero-order valence-electron chi connectivity index (χ0n) is 17.3. The van der Waals surface area contributed by atoms with Crippen LogP contribution < -0.4 is 5.32 Å². The molecule has 1 atom stereocenters. The maximum Gasteiger partial charge on any atom is 0.324 e. The average molecular weight is 414 g/mol. The molecule has 1 saturated heterocycles. The van der Waals surface area contributed by atoms with Crippen molar-refractivity contribution in [3.8, 4) is 11.4 Å². The quantitative estimate of drug-likeness (QED) is 0.579. The number of imide groups is 1. The van der Waals surface area contributed by atoms with E-state index in [1.807, 2.05) is 16.7 Å². The Balaban J connectivity index is 1.84. The Morgan fingerprint density at radius 3 is 2.55 bits per heavy atom. The van der Waals surface area contributed by atoms with Gasteiger partial charge in [0.1, 0.15) is 0 Å². The number of urea groups is 1. The number of allylic oxidation sites excluding steroid dienone is 1. The normalized spacial score (nSPS) is 15.3. The number of aromatic nitrogens is 3. The third-order valence-corrected chi connectivity index (χ3v) is 5.86. The average Bonchev–Trinajstić information content (AvgIpc) is 3.27. The Morgan fingerprint density at radius 1 is 1.31 bits per heavy atom. The van der Waals surface area contributed by atoms with Gasteiger partial charge in [0, 0.05) is 25.2 Å². The van der Waals surface area contributed by atoms with Crippen molar-refractivity contribution in [3.63, 3.8) is 0 Å². The summed E-state index contributed by atoms with van der Waals surface area (Å²) in [6.07, 6.45) is 1.78. The molecule has 1 aliphatic rings. The highest BCUT2D eigenvalue weighted by Crippen LogP contribution is 2.29. The molecule has 8 heteroatoms. The van der Waals surface area contributed by atoms with Crippen molar-refractivity contribution in [1.82, 2.24) is 25.0 Å². The first kappa shape index (κ1) is 21.1. The number of carbonyl (C=O) groups excluding carboxylic acids is 2. The van der Waals surface area contributed by atoms with Crippen LogP contribution >= 0.6 is 11.8 Å². The van der Waals surface area contributed by atoms with E-state index in [1.165, 1.54) is 22.2 Å². The van der Waals surface area contributed by atoms with Crippen LogP contribution in [-0.4, -0.2) is 49.9 Å². The van der Waals surface area contributed by atoms with Gasteiger partial charge in [0.05, 0.1) is 5.25 Å². The molecule has 0 aliphatic carbocycles. The molecule has 0 radical (unpaired) electrons. The van der Waals surface area contributed by atoms with E-state index in [0.717, 1.165) is 11.4 Å². The van der Waals surface area contributed by atoms with Crippen LogP contribution in [0.4, 0.5) is 4.79 Å². The standard InChI is InChI=1S/C21H27N5O2S/c1-6-12-25-17(15-7-9-16(10-8-15)21(3,4)5)23-24-20(25)29-14(2)18(27)26-13-11-22-19(26)28/h6-10,14H,1,11-13H2,2-5H3,(H,22,28). The third-order valence-electron chi connectivity index (χ3n) is 4.79. The molecule has 1 aromatic carbocycles. The predicted molar refractivity (Wildman–Crippen MR) is 115 cm³/mol. The van der Waals surface area contributed by atoms with Crippen LogP contribution in [0, 0.1) is 0 Å². The lowest BCUT2D eigenvalue weighted by molar-refractivity contribution is -0.126. The van der Waals surface area contributed by atoms with E-state index in [1.54, 1.807) is 13.0 Å². The Kier molecular flexibility index (Phi) is 6.12. The van der Waals surface area contributed by atoms with Crippen molar-refractivity contribution in [2.75, 3.05) is 13.1 Å². The molecule has 7 nitrogen and oxygen atoms in total. The topological polar surface area (TPSA) is 80.1 Å². The first-order chi connectivity index (χ1) is 13.7. The Bertz CT molecular complexity index is 914. The van der Waals surface area contributed by atoms with E-state index in [0.29, 0.717) is 24.8 Å². The minimum atomic E-state index is -0.456. The van der Waals surface area contributed by atoms with E-state index in [4.69, 9.17) is 0 Å². The third kappa shape index (κ3) is 4.53. The number of carbonyl (C=O) groups is 2. The lowest BCUT2D eigenvalue weighted by Crippen LogP contribution is -2.39. The molecule has 2 aromatic rings. The van der Waals surface area contributed by atoms with Crippen molar-refractivity contribution in [2.24, 2.45) is 0 Å². The van der Waals surface area contributed by atoms with E-state index >= 15 is 0 Å². The number of nitrogens with zero attached hydrogens (tertiary/aromatic N) is 4. The van der Waals surface area contributed by atoms with Crippen molar-refractivity contribution < 1.29 is 9.59 Å². The zero-order valence-corrected chi connectivity index (χ0v) is 18.1. The minimum absolute atomic E-state index is 0.0754. The molecule has 0 bridgehead atoms. The summed E-state index contributed by atoms with van der Waals surface area (Å²) in [5.74, 6) is 0.501. The van der Waals surface area contributed by atoms with E-state index in [9.17, 15) is 9.59 Å². The van der Waals surface area contributed by atoms with Gasteiger partial charge in [-0.1, -0.05) is 62.9 Å². The number of amides is 3. The predicted octanol–water partition coefficient (Wildman–Crippen LogP) is 3.46. The van der Waals surface area contributed by atoms with Crippen molar-refractivity contribution in [2.45, 2.75) is 50.1 Å². The van der Waals surface area contributed by atoms with Gasteiger partial charge in [0.2, 0.25) is 5.91 Å². The molecule has 3 rings (SSSR count). The molecular formula is C21H27N5O2S. The molecule has 3 amide bonds. The molecule has 0 spiro atoms. The molecule has 1 unspecified atom stereocenters. The van der Waals surface area contributed by atoms with Crippen LogP contribution in [0.1, 0.15) is 33.3 Å². The molecule has 0 saturated carbocycles. The zero-order chi connectivity index (χ0) is 21.2. The lowest BCUT2D eigenvalue weighted by atomic mass is 9.87. The molecule has 1 fully saturated rings. The smallest absolute Gasteiger partial charge is 0.324 e. The Morgan fingerprint density at radius 2 is 2.00 bits per heavy atom. The number of nitrogens with one attached hydrogen (secondary N) is 1. The van der Waals surface area contributed by atoms with Gasteiger partial charge in [-0.25, -0.2) is 4.79 Å². The molecule has 29 heavy (non-hydrogen) atoms. The van der Waals surface area contributed by atoms with Gasteiger partial charge in [0.25, 0.3) is 0 Å². The van der Waals surface area contributed by atoms with E-state index < -0.39 is 5.25 Å². The SMILES string of the molecule is C=CCn1c(SC(C)C(=O)N2CCNC2=O)nnc1-c1ccc(C(C)(C)C)cc1. The summed E-state index contributed by atoms with van der Waals surface area (Å²) in [5, 5.41) is 11.5. The van der Waals surface area contributed by atoms with Gasteiger partial charge in [-0.05, 0) is 17.9 Å². The van der Waals surface area contributed by atoms with Gasteiger partial charge < -0.3 is 5.32 Å². The highest BCUT2D eigenvalue weighted by Gasteiger charge is 2.31. The van der Waals surface area contributed by atoms with Crippen LogP contribution in [-0.2, 0) is 16.8 Å². The number of thioether (sulfide) groups is 1. The van der Waals surface area contributed by atoms with Crippen LogP contribution in [0.25, 0.3) is 11.4 Å². The summed E-state index contributed by atoms with van der Waals surface area (Å²) in [6, 6.07) is 7.96. The first-order valence-corrected chi connectivity index (χ1v) is 10.5. The summed E-state index contributed by atoms with van der Waals surface area (Å²) in [5.41, 5.74) is 2.28. The van der Waals surface area contributed by atoms with Crippen LogP contribution in [0.5, 0.6) is 0 Å². The molecule has 1 N–H and O–H groups in total. The second-order valence-corrected chi connectivity index (χ2v) is 9.32. The number of benzene rings is 1. The number of hydrogen-bond acceptors (Lipinski definition) is 5. The van der Waals surface area contributed by atoms with Crippen molar-refractivity contribution in [3.05, 3.63) is 42.5 Å². The van der Waals surface area contributed by atoms with Crippen molar-refractivity contribution >= 4 is 23.7 Å². The fourth-order valence-electron chi connectivity index (χ4n) is 3.11. The summed E-state index contributed by atoms with van der Waals surface area (Å²) < 4.78 is 1.94. The largest absolute Gasteiger partial charge is 0.336 e.